The van der Waals surface area contributed by atoms with Crippen LogP contribution in [-0.4, -0.2) is 25.0 Å². The summed E-state index contributed by atoms with van der Waals surface area (Å²) in [6.07, 6.45) is 2.35. The van der Waals surface area contributed by atoms with Gasteiger partial charge in [-0.15, -0.1) is 0 Å². The molecule has 0 aliphatic carbocycles. The maximum atomic E-state index is 10.5. The summed E-state index contributed by atoms with van der Waals surface area (Å²) < 4.78 is 5.25. The highest BCUT2D eigenvalue weighted by Gasteiger charge is 2.07. The Labute approximate surface area is 77.1 Å². The Kier molecular flexibility index (Phi) is 3.25. The molecule has 4 heteroatoms. The summed E-state index contributed by atoms with van der Waals surface area (Å²) in [5.74, 6) is 0.486. The monoisotopic (exact) mass is 180 g/mol. The van der Waals surface area contributed by atoms with Gasteiger partial charge in [0.1, 0.15) is 5.69 Å². The molecule has 0 atom stereocenters. The van der Waals surface area contributed by atoms with Crippen LogP contribution in [0.15, 0.2) is 18.3 Å². The Morgan fingerprint density at radius 3 is 3.08 bits per heavy atom. The first-order valence-electron chi connectivity index (χ1n) is 4.05. The fourth-order valence-corrected chi connectivity index (χ4v) is 0.955. The van der Waals surface area contributed by atoms with Gasteiger partial charge in [0.2, 0.25) is 12.3 Å². The van der Waals surface area contributed by atoms with Crippen molar-refractivity contribution in [1.82, 2.24) is 4.98 Å². The molecule has 70 valence electrons. The van der Waals surface area contributed by atoms with E-state index in [9.17, 15) is 4.79 Å². The average molecular weight is 180 g/mol. The minimum absolute atomic E-state index is 0.486. The molecule has 0 radical (unpaired) electrons. The highest BCUT2D eigenvalue weighted by atomic mass is 16.5. The minimum atomic E-state index is 0.486. The van der Waals surface area contributed by atoms with Crippen LogP contribution >= 0.6 is 0 Å². The fourth-order valence-electron chi connectivity index (χ4n) is 0.955. The lowest BCUT2D eigenvalue weighted by atomic mass is 10.4. The third kappa shape index (κ3) is 2.18. The van der Waals surface area contributed by atoms with E-state index in [0.717, 1.165) is 6.41 Å². The second-order valence-corrected chi connectivity index (χ2v) is 2.48. The summed E-state index contributed by atoms with van der Waals surface area (Å²) in [6, 6.07) is 3.55. The molecule has 1 rings (SSSR count). The van der Waals surface area contributed by atoms with Crippen molar-refractivity contribution in [3.8, 4) is 5.88 Å². The summed E-state index contributed by atoms with van der Waals surface area (Å²) in [7, 11) is 1.66. The Hall–Kier alpha value is -1.58. The van der Waals surface area contributed by atoms with Crippen molar-refractivity contribution >= 4 is 12.1 Å². The summed E-state index contributed by atoms with van der Waals surface area (Å²) in [4.78, 5) is 15.9. The molecule has 4 nitrogen and oxygen atoms in total. The number of hydrogen-bond donors (Lipinski definition) is 0. The molecule has 0 aliphatic heterocycles. The Morgan fingerprint density at radius 2 is 2.46 bits per heavy atom. The van der Waals surface area contributed by atoms with Gasteiger partial charge in [0.25, 0.3) is 0 Å². The molecule has 1 aromatic rings. The van der Waals surface area contributed by atoms with E-state index in [-0.39, 0.29) is 0 Å². The summed E-state index contributed by atoms with van der Waals surface area (Å²) >= 11 is 0. The smallest absolute Gasteiger partial charge is 0.237 e. The number of pyridine rings is 1. The number of carbonyl (C=O) groups is 1. The summed E-state index contributed by atoms with van der Waals surface area (Å²) in [5.41, 5.74) is 0.680. The van der Waals surface area contributed by atoms with Gasteiger partial charge in [0, 0.05) is 13.2 Å². The molecule has 13 heavy (non-hydrogen) atoms. The van der Waals surface area contributed by atoms with Crippen LogP contribution in [0.25, 0.3) is 0 Å². The molecule has 0 aromatic carbocycles. The van der Waals surface area contributed by atoms with Gasteiger partial charge in [-0.1, -0.05) is 0 Å². The third-order valence-corrected chi connectivity index (χ3v) is 1.57. The van der Waals surface area contributed by atoms with E-state index in [1.165, 1.54) is 4.90 Å². The van der Waals surface area contributed by atoms with Crippen LogP contribution in [0.3, 0.4) is 0 Å². The van der Waals surface area contributed by atoms with Gasteiger partial charge in [-0.25, -0.2) is 4.98 Å². The van der Waals surface area contributed by atoms with Crippen molar-refractivity contribution in [1.29, 1.82) is 0 Å². The lowest BCUT2D eigenvalue weighted by molar-refractivity contribution is -0.107. The lowest BCUT2D eigenvalue weighted by Crippen LogP contribution is -2.15. The summed E-state index contributed by atoms with van der Waals surface area (Å²) in [5, 5.41) is 0. The fraction of sp³-hybridized carbons (Fsp3) is 0.333. The highest BCUT2D eigenvalue weighted by Crippen LogP contribution is 2.22. The molecule has 0 aliphatic rings. The SMILES string of the molecule is CCOc1ncccc1N(C)C=O. The molecular weight excluding hydrogens is 168 g/mol. The van der Waals surface area contributed by atoms with E-state index in [0.29, 0.717) is 18.2 Å². The predicted molar refractivity (Wildman–Crippen MR) is 49.9 cm³/mol. The van der Waals surface area contributed by atoms with Gasteiger partial charge in [0.05, 0.1) is 6.61 Å². The number of amides is 1. The van der Waals surface area contributed by atoms with Crippen LogP contribution in [0.5, 0.6) is 5.88 Å². The van der Waals surface area contributed by atoms with Crippen LogP contribution < -0.4 is 9.64 Å². The first-order valence-corrected chi connectivity index (χ1v) is 4.05. The largest absolute Gasteiger partial charge is 0.476 e. The Bertz CT molecular complexity index is 289. The van der Waals surface area contributed by atoms with Crippen molar-refractivity contribution in [2.75, 3.05) is 18.6 Å². The van der Waals surface area contributed by atoms with E-state index in [2.05, 4.69) is 4.98 Å². The van der Waals surface area contributed by atoms with Crippen LogP contribution in [0, 0.1) is 0 Å². The normalized spacial score (nSPS) is 9.38. The third-order valence-electron chi connectivity index (χ3n) is 1.57. The molecule has 0 N–H and O–H groups in total. The Morgan fingerprint density at radius 1 is 1.69 bits per heavy atom. The number of aromatic nitrogens is 1. The molecular formula is C9H12N2O2. The summed E-state index contributed by atoms with van der Waals surface area (Å²) in [6.45, 7) is 2.41. The molecule has 0 fully saturated rings. The maximum absolute atomic E-state index is 10.5. The van der Waals surface area contributed by atoms with E-state index < -0.39 is 0 Å². The van der Waals surface area contributed by atoms with E-state index in [1.54, 1.807) is 25.4 Å². The minimum Gasteiger partial charge on any atom is -0.476 e. The Balaban J connectivity index is 2.96. The lowest BCUT2D eigenvalue weighted by Gasteiger charge is -2.13. The van der Waals surface area contributed by atoms with Gasteiger partial charge >= 0.3 is 0 Å². The van der Waals surface area contributed by atoms with E-state index >= 15 is 0 Å². The van der Waals surface area contributed by atoms with E-state index in [1.807, 2.05) is 6.92 Å². The van der Waals surface area contributed by atoms with Crippen molar-refractivity contribution in [2.24, 2.45) is 0 Å². The average Bonchev–Trinajstić information content (AvgIpc) is 2.18. The van der Waals surface area contributed by atoms with Gasteiger partial charge in [0.15, 0.2) is 0 Å². The number of nitrogens with zero attached hydrogens (tertiary/aromatic N) is 2. The molecule has 0 bridgehead atoms. The molecule has 0 saturated heterocycles. The van der Waals surface area contributed by atoms with Crippen LogP contribution in [0.2, 0.25) is 0 Å². The number of rotatable bonds is 4. The topological polar surface area (TPSA) is 42.4 Å². The van der Waals surface area contributed by atoms with Gasteiger partial charge in [-0.3, -0.25) is 4.79 Å². The van der Waals surface area contributed by atoms with E-state index in [4.69, 9.17) is 4.74 Å². The zero-order valence-corrected chi connectivity index (χ0v) is 7.73. The second kappa shape index (κ2) is 4.45. The molecule has 1 heterocycles. The zero-order chi connectivity index (χ0) is 9.68. The van der Waals surface area contributed by atoms with Crippen LogP contribution in [-0.2, 0) is 4.79 Å². The molecule has 0 unspecified atom stereocenters. The number of ether oxygens (including phenoxy) is 1. The quantitative estimate of drug-likeness (QED) is 0.651. The number of anilines is 1. The number of hydrogen-bond acceptors (Lipinski definition) is 3. The van der Waals surface area contributed by atoms with Crippen molar-refractivity contribution in [3.05, 3.63) is 18.3 Å². The first-order chi connectivity index (χ1) is 6.29. The van der Waals surface area contributed by atoms with Gasteiger partial charge in [-0.2, -0.15) is 0 Å². The van der Waals surface area contributed by atoms with Crippen LogP contribution in [0.4, 0.5) is 5.69 Å². The zero-order valence-electron chi connectivity index (χ0n) is 7.73. The second-order valence-electron chi connectivity index (χ2n) is 2.48. The van der Waals surface area contributed by atoms with Crippen LogP contribution in [0.1, 0.15) is 6.92 Å². The molecule has 0 saturated carbocycles. The van der Waals surface area contributed by atoms with Crippen molar-refractivity contribution in [3.63, 3.8) is 0 Å². The maximum Gasteiger partial charge on any atom is 0.237 e. The van der Waals surface area contributed by atoms with Crippen molar-refractivity contribution in [2.45, 2.75) is 6.92 Å². The van der Waals surface area contributed by atoms with Crippen molar-refractivity contribution < 1.29 is 9.53 Å². The van der Waals surface area contributed by atoms with Gasteiger partial charge < -0.3 is 9.64 Å². The molecule has 1 amide bonds. The molecule has 0 spiro atoms. The predicted octanol–water partition coefficient (Wildman–Crippen LogP) is 1.07. The first kappa shape index (κ1) is 9.51. The number of carbonyl (C=O) groups excluding carboxylic acids is 1. The van der Waals surface area contributed by atoms with Gasteiger partial charge in [-0.05, 0) is 19.1 Å². The molecule has 1 aromatic heterocycles. The highest BCUT2D eigenvalue weighted by molar-refractivity contribution is 5.76. The standard InChI is InChI=1S/C9H12N2O2/c1-3-13-9-8(11(2)7-12)5-4-6-10-9/h4-7H,3H2,1-2H3.